The number of rotatable bonds is 0. The zero-order chi connectivity index (χ0) is 10.5. The van der Waals surface area contributed by atoms with E-state index in [4.69, 9.17) is 0 Å². The van der Waals surface area contributed by atoms with Crippen LogP contribution in [0.3, 0.4) is 0 Å². The largest absolute Gasteiger partial charge is 0.224 e. The second kappa shape index (κ2) is 3.21. The minimum atomic E-state index is -2.91. The molecule has 0 fully saturated rings. The second-order valence-corrected chi connectivity index (χ2v) is 7.00. The predicted octanol–water partition coefficient (Wildman–Crippen LogP) is 2.58. The first-order chi connectivity index (χ1) is 7.17. The fourth-order valence-electron chi connectivity index (χ4n) is 3.20. The molecule has 0 N–H and O–H groups in total. The molecule has 0 saturated heterocycles. The summed E-state index contributed by atoms with van der Waals surface area (Å²) in [4.78, 5) is 0. The van der Waals surface area contributed by atoms with Gasteiger partial charge in [-0.05, 0) is 44.4 Å². The molecule has 1 heterocycles. The van der Waals surface area contributed by atoms with Gasteiger partial charge in [-0.1, -0.05) is 17.2 Å². The Kier molecular flexibility index (Phi) is 2.06. The van der Waals surface area contributed by atoms with Crippen LogP contribution in [0.25, 0.3) is 0 Å². The van der Waals surface area contributed by atoms with E-state index < -0.39 is 9.84 Å². The van der Waals surface area contributed by atoms with Gasteiger partial charge in [0.25, 0.3) is 0 Å². The standard InChI is InChI=1S/C12H16O2S/c13-15(14)6-5-11-7-9-3-1-2-4-10(9)8-12(11)15/h5-6,11-12H,1-4,7-8H2. The molecular weight excluding hydrogens is 208 g/mol. The third kappa shape index (κ3) is 1.48. The molecule has 2 aliphatic carbocycles. The highest BCUT2D eigenvalue weighted by molar-refractivity contribution is 7.95. The molecule has 0 radical (unpaired) electrons. The van der Waals surface area contributed by atoms with Crippen molar-refractivity contribution >= 4 is 9.84 Å². The Hall–Kier alpha value is -0.570. The fraction of sp³-hybridized carbons (Fsp3) is 0.667. The summed E-state index contributed by atoms with van der Waals surface area (Å²) < 4.78 is 23.5. The van der Waals surface area contributed by atoms with Crippen molar-refractivity contribution in [1.29, 1.82) is 0 Å². The Morgan fingerprint density at radius 2 is 1.73 bits per heavy atom. The summed E-state index contributed by atoms with van der Waals surface area (Å²) in [7, 11) is -2.91. The molecule has 3 aliphatic rings. The molecule has 2 atom stereocenters. The van der Waals surface area contributed by atoms with Crippen molar-refractivity contribution in [2.24, 2.45) is 5.92 Å². The van der Waals surface area contributed by atoms with Crippen LogP contribution in [0, 0.1) is 5.92 Å². The SMILES string of the molecule is O=S1(=O)C=CC2CC3=C(CCCC3)CC21. The summed E-state index contributed by atoms with van der Waals surface area (Å²) >= 11 is 0. The van der Waals surface area contributed by atoms with Crippen LogP contribution in [0.15, 0.2) is 22.6 Å². The first-order valence-corrected chi connectivity index (χ1v) is 7.39. The molecule has 0 aromatic heterocycles. The topological polar surface area (TPSA) is 34.1 Å². The lowest BCUT2D eigenvalue weighted by Crippen LogP contribution is -2.28. The molecule has 15 heavy (non-hydrogen) atoms. The second-order valence-electron chi connectivity index (χ2n) is 4.94. The molecule has 1 aliphatic heterocycles. The van der Waals surface area contributed by atoms with E-state index in [2.05, 4.69) is 0 Å². The van der Waals surface area contributed by atoms with Crippen molar-refractivity contribution < 1.29 is 8.42 Å². The van der Waals surface area contributed by atoms with Crippen LogP contribution in [0.4, 0.5) is 0 Å². The van der Waals surface area contributed by atoms with Crippen molar-refractivity contribution in [2.75, 3.05) is 0 Å². The zero-order valence-electron chi connectivity index (χ0n) is 8.78. The molecule has 0 bridgehead atoms. The van der Waals surface area contributed by atoms with E-state index in [1.165, 1.54) is 30.2 Å². The molecule has 0 amide bonds. The van der Waals surface area contributed by atoms with Crippen molar-refractivity contribution in [3.8, 4) is 0 Å². The third-order valence-electron chi connectivity index (χ3n) is 4.05. The molecule has 0 aromatic rings. The number of sulfone groups is 1. The number of hydrogen-bond acceptors (Lipinski definition) is 2. The normalized spacial score (nSPS) is 37.6. The minimum absolute atomic E-state index is 0.116. The van der Waals surface area contributed by atoms with E-state index in [-0.39, 0.29) is 11.2 Å². The predicted molar refractivity (Wildman–Crippen MR) is 60.1 cm³/mol. The summed E-state index contributed by atoms with van der Waals surface area (Å²) in [5.41, 5.74) is 3.04. The molecule has 2 unspecified atom stereocenters. The molecular formula is C12H16O2S. The fourth-order valence-corrected chi connectivity index (χ4v) is 4.93. The van der Waals surface area contributed by atoms with Crippen LogP contribution in [0.5, 0.6) is 0 Å². The van der Waals surface area contributed by atoms with Crippen LogP contribution < -0.4 is 0 Å². The lowest BCUT2D eigenvalue weighted by Gasteiger charge is -2.31. The number of hydrogen-bond donors (Lipinski definition) is 0. The monoisotopic (exact) mass is 224 g/mol. The van der Waals surface area contributed by atoms with E-state index in [9.17, 15) is 8.42 Å². The average molecular weight is 224 g/mol. The molecule has 3 heteroatoms. The van der Waals surface area contributed by atoms with Crippen LogP contribution in [-0.4, -0.2) is 13.7 Å². The highest BCUT2D eigenvalue weighted by Gasteiger charge is 2.40. The van der Waals surface area contributed by atoms with E-state index >= 15 is 0 Å². The maximum Gasteiger partial charge on any atom is 0.175 e. The van der Waals surface area contributed by atoms with Crippen molar-refractivity contribution in [3.63, 3.8) is 0 Å². The van der Waals surface area contributed by atoms with E-state index in [1.807, 2.05) is 6.08 Å². The van der Waals surface area contributed by atoms with Crippen molar-refractivity contribution in [3.05, 3.63) is 22.6 Å². The van der Waals surface area contributed by atoms with Gasteiger partial charge < -0.3 is 0 Å². The van der Waals surface area contributed by atoms with Gasteiger partial charge in [-0.3, -0.25) is 0 Å². The van der Waals surface area contributed by atoms with Gasteiger partial charge in [0.2, 0.25) is 0 Å². The van der Waals surface area contributed by atoms with Crippen LogP contribution in [-0.2, 0) is 9.84 Å². The van der Waals surface area contributed by atoms with Gasteiger partial charge in [0.1, 0.15) is 0 Å². The van der Waals surface area contributed by atoms with Gasteiger partial charge in [-0.25, -0.2) is 8.42 Å². The molecule has 3 rings (SSSR count). The number of allylic oxidation sites excluding steroid dienone is 3. The Labute approximate surface area is 91.0 Å². The van der Waals surface area contributed by atoms with Gasteiger partial charge in [0.05, 0.1) is 5.25 Å². The van der Waals surface area contributed by atoms with Crippen LogP contribution in [0.2, 0.25) is 0 Å². The molecule has 0 aromatic carbocycles. The summed E-state index contributed by atoms with van der Waals surface area (Å²) in [5, 5.41) is 1.33. The van der Waals surface area contributed by atoms with Gasteiger partial charge in [-0.2, -0.15) is 0 Å². The average Bonchev–Trinajstić information content (AvgIpc) is 2.52. The lowest BCUT2D eigenvalue weighted by molar-refractivity contribution is 0.484. The summed E-state index contributed by atoms with van der Waals surface area (Å²) in [6.07, 6.45) is 8.65. The van der Waals surface area contributed by atoms with Crippen molar-refractivity contribution in [1.82, 2.24) is 0 Å². The Bertz CT molecular complexity index is 442. The van der Waals surface area contributed by atoms with Crippen LogP contribution in [0.1, 0.15) is 38.5 Å². The van der Waals surface area contributed by atoms with Crippen molar-refractivity contribution in [2.45, 2.75) is 43.8 Å². The zero-order valence-corrected chi connectivity index (χ0v) is 9.59. The third-order valence-corrected chi connectivity index (χ3v) is 5.95. The number of fused-ring (bicyclic) bond motifs is 1. The Morgan fingerprint density at radius 1 is 1.07 bits per heavy atom. The van der Waals surface area contributed by atoms with E-state index in [0.29, 0.717) is 0 Å². The maximum absolute atomic E-state index is 11.8. The van der Waals surface area contributed by atoms with Gasteiger partial charge in [0, 0.05) is 5.41 Å². The highest BCUT2D eigenvalue weighted by atomic mass is 32.2. The summed E-state index contributed by atoms with van der Waals surface area (Å²) in [6.45, 7) is 0. The minimum Gasteiger partial charge on any atom is -0.224 e. The van der Waals surface area contributed by atoms with Crippen LogP contribution >= 0.6 is 0 Å². The van der Waals surface area contributed by atoms with Gasteiger partial charge >= 0.3 is 0 Å². The Morgan fingerprint density at radius 3 is 2.47 bits per heavy atom. The van der Waals surface area contributed by atoms with Gasteiger partial charge in [-0.15, -0.1) is 0 Å². The first-order valence-electron chi connectivity index (χ1n) is 5.79. The highest BCUT2D eigenvalue weighted by Crippen LogP contribution is 2.43. The first kappa shape index (κ1) is 9.64. The van der Waals surface area contributed by atoms with E-state index in [1.54, 1.807) is 5.57 Å². The summed E-state index contributed by atoms with van der Waals surface area (Å²) in [6, 6.07) is 0. The maximum atomic E-state index is 11.8. The lowest BCUT2D eigenvalue weighted by atomic mass is 9.77. The molecule has 2 nitrogen and oxygen atoms in total. The quantitative estimate of drug-likeness (QED) is 0.593. The Balaban J connectivity index is 1.95. The molecule has 0 spiro atoms. The molecule has 82 valence electrons. The smallest absolute Gasteiger partial charge is 0.175 e. The van der Waals surface area contributed by atoms with Gasteiger partial charge in [0.15, 0.2) is 9.84 Å². The summed E-state index contributed by atoms with van der Waals surface area (Å²) in [5.74, 6) is 0.284. The molecule has 0 saturated carbocycles. The van der Waals surface area contributed by atoms with E-state index in [0.717, 1.165) is 19.3 Å².